The first-order valence-electron chi connectivity index (χ1n) is 9.08. The quantitative estimate of drug-likeness (QED) is 0.564. The molecule has 0 saturated carbocycles. The van der Waals surface area contributed by atoms with E-state index in [0.29, 0.717) is 13.2 Å². The topological polar surface area (TPSA) is 97.8 Å². The Bertz CT molecular complexity index is 766. The molecule has 1 saturated heterocycles. The molecular weight excluding hydrogens is 350 g/mol. The molecule has 8 nitrogen and oxygen atoms in total. The summed E-state index contributed by atoms with van der Waals surface area (Å²) in [5.74, 6) is -0.237. The molecule has 3 rings (SSSR count). The Morgan fingerprint density at radius 1 is 1.15 bits per heavy atom. The van der Waals surface area contributed by atoms with Gasteiger partial charge in [0.1, 0.15) is 17.3 Å². The fourth-order valence-corrected chi connectivity index (χ4v) is 3.00. The number of carbonyl (C=O) groups excluding carboxylic acids is 1. The molecule has 1 N–H and O–H groups in total. The number of ether oxygens (including phenoxy) is 1. The van der Waals surface area contributed by atoms with Crippen molar-refractivity contribution in [1.82, 2.24) is 10.2 Å². The molecule has 2 aromatic rings. The maximum Gasteiger partial charge on any atom is 0.433 e. The molecule has 2 heterocycles. The van der Waals surface area contributed by atoms with E-state index in [4.69, 9.17) is 9.15 Å². The van der Waals surface area contributed by atoms with Crippen molar-refractivity contribution in [3.8, 4) is 5.75 Å². The van der Waals surface area contributed by atoms with E-state index in [-0.39, 0.29) is 5.76 Å². The Kier molecular flexibility index (Phi) is 6.43. The van der Waals surface area contributed by atoms with Crippen LogP contribution in [0.1, 0.15) is 35.4 Å². The molecular formula is C19H23N3O5. The van der Waals surface area contributed by atoms with E-state index in [2.05, 4.69) is 10.2 Å². The Morgan fingerprint density at radius 2 is 1.89 bits per heavy atom. The van der Waals surface area contributed by atoms with Crippen LogP contribution >= 0.6 is 0 Å². The number of likely N-dealkylation sites (tertiary alicyclic amines) is 1. The smallest absolute Gasteiger partial charge is 0.433 e. The Hall–Kier alpha value is -2.87. The number of amides is 1. The molecule has 27 heavy (non-hydrogen) atoms. The van der Waals surface area contributed by atoms with Gasteiger partial charge >= 0.3 is 5.88 Å². The maximum atomic E-state index is 12.0. The van der Waals surface area contributed by atoms with Crippen molar-refractivity contribution >= 4 is 11.8 Å². The highest BCUT2D eigenvalue weighted by atomic mass is 16.6. The molecule has 0 atom stereocenters. The van der Waals surface area contributed by atoms with Gasteiger partial charge in [-0.2, -0.15) is 0 Å². The van der Waals surface area contributed by atoms with Crippen LogP contribution in [0.15, 0.2) is 40.8 Å². The monoisotopic (exact) mass is 373 g/mol. The first-order valence-corrected chi connectivity index (χ1v) is 9.08. The van der Waals surface area contributed by atoms with Crippen LogP contribution in [0, 0.1) is 10.1 Å². The highest BCUT2D eigenvalue weighted by molar-refractivity contribution is 5.91. The summed E-state index contributed by atoms with van der Waals surface area (Å²) in [6.45, 7) is 4.20. The average Bonchev–Trinajstić information content (AvgIpc) is 3.19. The molecule has 1 aliphatic heterocycles. The fraction of sp³-hybridized carbons (Fsp3) is 0.421. The second-order valence-corrected chi connectivity index (χ2v) is 6.47. The average molecular weight is 373 g/mol. The van der Waals surface area contributed by atoms with Crippen molar-refractivity contribution in [3.63, 3.8) is 0 Å². The molecule has 0 unspecified atom stereocenters. The van der Waals surface area contributed by atoms with Crippen LogP contribution in [-0.2, 0) is 6.54 Å². The van der Waals surface area contributed by atoms with Crippen molar-refractivity contribution in [2.24, 2.45) is 0 Å². The van der Waals surface area contributed by atoms with E-state index in [0.717, 1.165) is 37.0 Å². The lowest BCUT2D eigenvalue weighted by molar-refractivity contribution is -0.402. The van der Waals surface area contributed by atoms with Crippen LogP contribution in [-0.4, -0.2) is 42.0 Å². The van der Waals surface area contributed by atoms with Crippen LogP contribution < -0.4 is 10.1 Å². The Labute approximate surface area is 157 Å². The summed E-state index contributed by atoms with van der Waals surface area (Å²) in [6.07, 6.45) is 3.86. The van der Waals surface area contributed by atoms with E-state index in [9.17, 15) is 14.9 Å². The van der Waals surface area contributed by atoms with Crippen molar-refractivity contribution in [2.75, 3.05) is 26.2 Å². The highest BCUT2D eigenvalue weighted by Gasteiger charge is 2.17. The minimum absolute atomic E-state index is 0.0839. The van der Waals surface area contributed by atoms with Crippen LogP contribution in [0.5, 0.6) is 5.75 Å². The van der Waals surface area contributed by atoms with E-state index in [1.54, 1.807) is 0 Å². The first kappa shape index (κ1) is 18.9. The number of benzene rings is 1. The number of rotatable bonds is 8. The first-order chi connectivity index (χ1) is 13.1. The van der Waals surface area contributed by atoms with Gasteiger partial charge in [-0.05, 0) is 49.7 Å². The minimum atomic E-state index is -0.680. The summed E-state index contributed by atoms with van der Waals surface area (Å²) < 4.78 is 10.6. The lowest BCUT2D eigenvalue weighted by atomic mass is 10.1. The molecule has 8 heteroatoms. The molecule has 0 aliphatic carbocycles. The number of furan rings is 1. The highest BCUT2D eigenvalue weighted by Crippen LogP contribution is 2.16. The van der Waals surface area contributed by atoms with Gasteiger partial charge in [0.2, 0.25) is 0 Å². The molecule has 0 spiro atoms. The van der Waals surface area contributed by atoms with E-state index >= 15 is 0 Å². The van der Waals surface area contributed by atoms with Gasteiger partial charge in [-0.1, -0.05) is 18.6 Å². The Morgan fingerprint density at radius 3 is 2.56 bits per heavy atom. The van der Waals surface area contributed by atoms with Gasteiger partial charge in [-0.3, -0.25) is 19.8 Å². The molecule has 1 amide bonds. The van der Waals surface area contributed by atoms with Crippen LogP contribution in [0.3, 0.4) is 0 Å². The maximum absolute atomic E-state index is 12.0. The Balaban J connectivity index is 1.41. The lowest BCUT2D eigenvalue weighted by Gasteiger charge is -2.26. The van der Waals surface area contributed by atoms with Gasteiger partial charge in [0, 0.05) is 13.1 Å². The minimum Gasteiger partial charge on any atom is -0.492 e. The SMILES string of the molecule is O=C(NCc1ccc(OCCN2CCCCC2)cc1)c1ccc([N+](=O)[O-])o1. The van der Waals surface area contributed by atoms with Gasteiger partial charge in [0.15, 0.2) is 5.76 Å². The summed E-state index contributed by atoms with van der Waals surface area (Å²) in [4.78, 5) is 24.3. The van der Waals surface area contributed by atoms with Gasteiger partial charge in [-0.15, -0.1) is 0 Å². The molecule has 1 aliphatic rings. The molecule has 1 aromatic carbocycles. The van der Waals surface area contributed by atoms with Crippen LogP contribution in [0.25, 0.3) is 0 Å². The van der Waals surface area contributed by atoms with Crippen molar-refractivity contribution in [3.05, 3.63) is 57.8 Å². The number of hydrogen-bond acceptors (Lipinski definition) is 6. The third-order valence-corrected chi connectivity index (χ3v) is 4.50. The molecule has 144 valence electrons. The zero-order chi connectivity index (χ0) is 19.1. The second kappa shape index (κ2) is 9.18. The third-order valence-electron chi connectivity index (χ3n) is 4.50. The zero-order valence-electron chi connectivity index (χ0n) is 15.1. The van der Waals surface area contributed by atoms with Crippen molar-refractivity contribution in [1.29, 1.82) is 0 Å². The number of hydrogen-bond donors (Lipinski definition) is 1. The number of nitrogens with one attached hydrogen (secondary N) is 1. The van der Waals surface area contributed by atoms with E-state index in [1.165, 1.54) is 25.3 Å². The van der Waals surface area contributed by atoms with Crippen LogP contribution in [0.4, 0.5) is 5.88 Å². The van der Waals surface area contributed by atoms with Crippen molar-refractivity contribution in [2.45, 2.75) is 25.8 Å². The predicted octanol–water partition coefficient (Wildman–Crippen LogP) is 2.98. The number of nitro groups is 1. The van der Waals surface area contributed by atoms with Gasteiger partial charge < -0.3 is 14.5 Å². The summed E-state index contributed by atoms with van der Waals surface area (Å²) in [6, 6.07) is 9.94. The third kappa shape index (κ3) is 5.55. The standard InChI is InChI=1S/C19H23N3O5/c23-19(17-8-9-18(27-17)22(24)25)20-14-15-4-6-16(7-5-15)26-13-12-21-10-2-1-3-11-21/h4-9H,1-3,10-14H2,(H,20,23). The van der Waals surface area contributed by atoms with E-state index < -0.39 is 16.7 Å². The molecule has 1 fully saturated rings. The molecule has 0 radical (unpaired) electrons. The molecule has 1 aromatic heterocycles. The number of carbonyl (C=O) groups is 1. The summed E-state index contributed by atoms with van der Waals surface area (Å²) in [5, 5.41) is 13.2. The van der Waals surface area contributed by atoms with Gasteiger partial charge in [0.25, 0.3) is 5.91 Å². The zero-order valence-corrected chi connectivity index (χ0v) is 15.1. The van der Waals surface area contributed by atoms with Crippen LogP contribution in [0.2, 0.25) is 0 Å². The second-order valence-electron chi connectivity index (χ2n) is 6.47. The van der Waals surface area contributed by atoms with Crippen molar-refractivity contribution < 1.29 is 18.9 Å². The largest absolute Gasteiger partial charge is 0.492 e. The fourth-order valence-electron chi connectivity index (χ4n) is 3.00. The normalized spacial score (nSPS) is 14.7. The summed E-state index contributed by atoms with van der Waals surface area (Å²) >= 11 is 0. The number of piperidine rings is 1. The molecule has 0 bridgehead atoms. The van der Waals surface area contributed by atoms with Gasteiger partial charge in [0.05, 0.1) is 6.07 Å². The lowest BCUT2D eigenvalue weighted by Crippen LogP contribution is -2.33. The van der Waals surface area contributed by atoms with Gasteiger partial charge in [-0.25, -0.2) is 0 Å². The summed E-state index contributed by atoms with van der Waals surface area (Å²) in [7, 11) is 0. The number of nitrogens with zero attached hydrogens (tertiary/aromatic N) is 2. The summed E-state index contributed by atoms with van der Waals surface area (Å²) in [5.41, 5.74) is 0.896. The van der Waals surface area contributed by atoms with E-state index in [1.807, 2.05) is 24.3 Å². The predicted molar refractivity (Wildman–Crippen MR) is 98.8 cm³/mol.